The van der Waals surface area contributed by atoms with Gasteiger partial charge in [0, 0.05) is 11.3 Å². The number of thioether (sulfide) groups is 1. The molecule has 0 aliphatic heterocycles. The highest BCUT2D eigenvalue weighted by atomic mass is 32.2. The minimum Gasteiger partial charge on any atom is -0.395 e. The summed E-state index contributed by atoms with van der Waals surface area (Å²) in [6, 6.07) is 0.237. The number of nitrogens with two attached hydrogens (primary N) is 1. The average molecular weight is 229 g/mol. The predicted octanol–water partition coefficient (Wildman–Crippen LogP) is 2.01. The van der Waals surface area contributed by atoms with Gasteiger partial charge < -0.3 is 10.8 Å². The van der Waals surface area contributed by atoms with Gasteiger partial charge in [-0.15, -0.1) is 0 Å². The fourth-order valence-electron chi connectivity index (χ4n) is 2.51. The second-order valence-electron chi connectivity index (χ2n) is 5.12. The summed E-state index contributed by atoms with van der Waals surface area (Å²) in [6.45, 7) is 0.259. The highest BCUT2D eigenvalue weighted by molar-refractivity contribution is 8.00. The number of aliphatic hydroxyl groups is 1. The van der Waals surface area contributed by atoms with Crippen molar-refractivity contribution in [3.63, 3.8) is 0 Å². The van der Waals surface area contributed by atoms with Crippen LogP contribution in [0.2, 0.25) is 0 Å². The van der Waals surface area contributed by atoms with Crippen LogP contribution in [0.3, 0.4) is 0 Å². The largest absolute Gasteiger partial charge is 0.395 e. The van der Waals surface area contributed by atoms with Gasteiger partial charge in [-0.1, -0.05) is 12.8 Å². The second-order valence-corrected chi connectivity index (χ2v) is 6.39. The van der Waals surface area contributed by atoms with Crippen molar-refractivity contribution >= 4 is 11.8 Å². The minimum atomic E-state index is 0.237. The molecule has 0 saturated heterocycles. The molecule has 2 unspecified atom stereocenters. The molecule has 0 bridgehead atoms. The highest BCUT2D eigenvalue weighted by Gasteiger charge is 2.34. The van der Waals surface area contributed by atoms with Crippen LogP contribution >= 0.6 is 11.8 Å². The molecule has 0 aromatic heterocycles. The van der Waals surface area contributed by atoms with E-state index in [1.54, 1.807) is 0 Å². The Morgan fingerprint density at radius 1 is 1.20 bits per heavy atom. The monoisotopic (exact) mass is 229 g/mol. The molecule has 0 spiro atoms. The Hall–Kier alpha value is 0.270. The van der Waals surface area contributed by atoms with E-state index in [2.05, 4.69) is 0 Å². The lowest BCUT2D eigenvalue weighted by atomic mass is 10.1. The van der Waals surface area contributed by atoms with Crippen LogP contribution in [0, 0.1) is 11.8 Å². The van der Waals surface area contributed by atoms with Crippen molar-refractivity contribution in [1.82, 2.24) is 0 Å². The molecule has 2 atom stereocenters. The van der Waals surface area contributed by atoms with Gasteiger partial charge in [-0.05, 0) is 43.3 Å². The Morgan fingerprint density at radius 3 is 2.40 bits per heavy atom. The molecule has 3 heteroatoms. The normalized spacial score (nSPS) is 26.8. The predicted molar refractivity (Wildman–Crippen MR) is 66.0 cm³/mol. The third-order valence-corrected chi connectivity index (χ3v) is 5.35. The molecular formula is C12H23NOS. The van der Waals surface area contributed by atoms with Crippen LogP contribution in [-0.4, -0.2) is 28.8 Å². The van der Waals surface area contributed by atoms with Crippen molar-refractivity contribution in [3.05, 3.63) is 0 Å². The minimum absolute atomic E-state index is 0.237. The van der Waals surface area contributed by atoms with E-state index in [1.807, 2.05) is 11.8 Å². The fourth-order valence-corrected chi connectivity index (χ4v) is 3.91. The summed E-state index contributed by atoms with van der Waals surface area (Å²) < 4.78 is 0. The van der Waals surface area contributed by atoms with Gasteiger partial charge >= 0.3 is 0 Å². The Kier molecular flexibility index (Phi) is 4.35. The van der Waals surface area contributed by atoms with Crippen molar-refractivity contribution in [2.75, 3.05) is 12.4 Å². The molecule has 15 heavy (non-hydrogen) atoms. The quantitative estimate of drug-likeness (QED) is 0.732. The van der Waals surface area contributed by atoms with Crippen LogP contribution in [0.1, 0.15) is 38.5 Å². The molecule has 0 amide bonds. The first kappa shape index (κ1) is 11.7. The molecule has 2 aliphatic carbocycles. The smallest absolute Gasteiger partial charge is 0.0565 e. The van der Waals surface area contributed by atoms with Gasteiger partial charge in [0.25, 0.3) is 0 Å². The van der Waals surface area contributed by atoms with Crippen LogP contribution in [0.15, 0.2) is 0 Å². The van der Waals surface area contributed by atoms with E-state index in [1.165, 1.54) is 44.3 Å². The summed E-state index contributed by atoms with van der Waals surface area (Å²) in [6.07, 6.45) is 8.16. The van der Waals surface area contributed by atoms with Gasteiger partial charge in [0.05, 0.1) is 6.61 Å². The third-order valence-electron chi connectivity index (χ3n) is 3.80. The Balaban J connectivity index is 1.69. The highest BCUT2D eigenvalue weighted by Crippen LogP contribution is 2.37. The first-order valence-electron chi connectivity index (χ1n) is 6.29. The summed E-state index contributed by atoms with van der Waals surface area (Å²) in [5, 5.41) is 9.64. The van der Waals surface area contributed by atoms with E-state index in [-0.39, 0.29) is 17.9 Å². The first-order valence-corrected chi connectivity index (χ1v) is 7.34. The molecule has 2 aliphatic rings. The van der Waals surface area contributed by atoms with Crippen molar-refractivity contribution in [1.29, 1.82) is 0 Å². The summed E-state index contributed by atoms with van der Waals surface area (Å²) in [4.78, 5) is 0. The maximum Gasteiger partial charge on any atom is 0.0565 e. The van der Waals surface area contributed by atoms with E-state index in [4.69, 9.17) is 5.73 Å². The van der Waals surface area contributed by atoms with E-state index >= 15 is 0 Å². The summed E-state index contributed by atoms with van der Waals surface area (Å²) in [5.41, 5.74) is 6.14. The zero-order valence-electron chi connectivity index (χ0n) is 9.40. The molecule has 3 N–H and O–H groups in total. The van der Waals surface area contributed by atoms with Crippen molar-refractivity contribution < 1.29 is 5.11 Å². The Morgan fingerprint density at radius 2 is 1.87 bits per heavy atom. The number of rotatable bonds is 6. The maximum absolute atomic E-state index is 9.35. The van der Waals surface area contributed by atoms with Crippen molar-refractivity contribution in [2.45, 2.75) is 49.8 Å². The van der Waals surface area contributed by atoms with Gasteiger partial charge in [-0.2, -0.15) is 11.8 Å². The molecule has 88 valence electrons. The van der Waals surface area contributed by atoms with Gasteiger partial charge in [-0.25, -0.2) is 0 Å². The van der Waals surface area contributed by atoms with Crippen molar-refractivity contribution in [2.24, 2.45) is 17.6 Å². The first-order chi connectivity index (χ1) is 7.31. The lowest BCUT2D eigenvalue weighted by Crippen LogP contribution is -2.37. The summed E-state index contributed by atoms with van der Waals surface area (Å²) >= 11 is 1.92. The third kappa shape index (κ3) is 3.36. The SMILES string of the molecule is NC(C1CC1)C(CO)SCC1CCCC1. The van der Waals surface area contributed by atoms with Crippen LogP contribution in [-0.2, 0) is 0 Å². The molecule has 0 aromatic rings. The molecule has 0 radical (unpaired) electrons. The van der Waals surface area contributed by atoms with Gasteiger partial charge in [0.1, 0.15) is 0 Å². The van der Waals surface area contributed by atoms with Crippen LogP contribution in [0.4, 0.5) is 0 Å². The summed E-state index contributed by atoms with van der Waals surface area (Å²) in [5.74, 6) is 2.82. The summed E-state index contributed by atoms with van der Waals surface area (Å²) in [7, 11) is 0. The van der Waals surface area contributed by atoms with Crippen LogP contribution in [0.25, 0.3) is 0 Å². The lowest BCUT2D eigenvalue weighted by molar-refractivity contribution is 0.277. The molecular weight excluding hydrogens is 206 g/mol. The standard InChI is InChI=1S/C12H23NOS/c13-12(10-5-6-10)11(7-14)15-8-9-3-1-2-4-9/h9-12,14H,1-8,13H2. The molecule has 2 fully saturated rings. The van der Waals surface area contributed by atoms with Gasteiger partial charge in [0.15, 0.2) is 0 Å². The van der Waals surface area contributed by atoms with E-state index in [9.17, 15) is 5.11 Å². The van der Waals surface area contributed by atoms with E-state index in [0.29, 0.717) is 5.92 Å². The Bertz CT molecular complexity index is 190. The zero-order chi connectivity index (χ0) is 10.7. The fraction of sp³-hybridized carbons (Fsp3) is 1.00. The second kappa shape index (κ2) is 5.55. The van der Waals surface area contributed by atoms with Crippen molar-refractivity contribution in [3.8, 4) is 0 Å². The zero-order valence-corrected chi connectivity index (χ0v) is 10.2. The Labute approximate surface area is 97.0 Å². The maximum atomic E-state index is 9.35. The topological polar surface area (TPSA) is 46.2 Å². The van der Waals surface area contributed by atoms with Gasteiger partial charge in [0.2, 0.25) is 0 Å². The van der Waals surface area contributed by atoms with E-state index in [0.717, 1.165) is 5.92 Å². The number of hydrogen-bond acceptors (Lipinski definition) is 3. The molecule has 2 nitrogen and oxygen atoms in total. The molecule has 0 heterocycles. The molecule has 2 rings (SSSR count). The van der Waals surface area contributed by atoms with Crippen LogP contribution in [0.5, 0.6) is 0 Å². The van der Waals surface area contributed by atoms with Gasteiger partial charge in [-0.3, -0.25) is 0 Å². The number of hydrogen-bond donors (Lipinski definition) is 2. The van der Waals surface area contributed by atoms with E-state index < -0.39 is 0 Å². The average Bonchev–Trinajstić information content (AvgIpc) is 2.97. The van der Waals surface area contributed by atoms with Crippen LogP contribution < -0.4 is 5.73 Å². The lowest BCUT2D eigenvalue weighted by Gasteiger charge is -2.22. The number of aliphatic hydroxyl groups excluding tert-OH is 1. The molecule has 0 aromatic carbocycles. The molecule has 2 saturated carbocycles.